The quantitative estimate of drug-likeness (QED) is 0.731. The molecule has 0 fully saturated rings. The molecule has 0 amide bonds. The van der Waals surface area contributed by atoms with Gasteiger partial charge in [-0.15, -0.1) is 0 Å². The van der Waals surface area contributed by atoms with Crippen LogP contribution in [0.15, 0.2) is 18.2 Å². The second-order valence-corrected chi connectivity index (χ2v) is 10.9. The first kappa shape index (κ1) is 13.2. The second kappa shape index (κ2) is 5.44. The fourth-order valence-electron chi connectivity index (χ4n) is 1.33. The molecule has 4 heteroatoms. The van der Waals surface area contributed by atoms with Gasteiger partial charge in [-0.3, -0.25) is 0 Å². The molecule has 1 aromatic rings. The van der Waals surface area contributed by atoms with E-state index in [1.54, 1.807) is 0 Å². The Morgan fingerprint density at radius 1 is 1.31 bits per heavy atom. The van der Waals surface area contributed by atoms with Gasteiger partial charge >= 0.3 is 98.9 Å². The molecule has 0 unspecified atom stereocenters. The van der Waals surface area contributed by atoms with Gasteiger partial charge < -0.3 is 0 Å². The predicted molar refractivity (Wildman–Crippen MR) is 70.9 cm³/mol. The Balaban J connectivity index is 2.65. The number of rotatable bonds is 5. The molecule has 2 nitrogen and oxygen atoms in total. The number of hydrogen-bond acceptors (Lipinski definition) is 2. The summed E-state index contributed by atoms with van der Waals surface area (Å²) in [5, 5.41) is 0. The Labute approximate surface area is 99.3 Å². The Kier molecular flexibility index (Phi) is 4.47. The standard InChI is InChI=1S/C12H19BO2Si/c1-10-5-6-11(13-14)12(9-10)15-7-8-16(2,3)4/h5-6,9H,7-8H2,1-4H3. The van der Waals surface area contributed by atoms with Crippen molar-refractivity contribution in [1.82, 2.24) is 0 Å². The molecule has 0 atom stereocenters. The van der Waals surface area contributed by atoms with Crippen molar-refractivity contribution >= 4 is 20.7 Å². The van der Waals surface area contributed by atoms with E-state index in [0.29, 0.717) is 17.8 Å². The Morgan fingerprint density at radius 3 is 2.56 bits per heavy atom. The summed E-state index contributed by atoms with van der Waals surface area (Å²) >= 11 is 0. The summed E-state index contributed by atoms with van der Waals surface area (Å²) in [7, 11) is -0.215. The third kappa shape index (κ3) is 4.31. The summed E-state index contributed by atoms with van der Waals surface area (Å²) in [4.78, 5) is 0. The van der Waals surface area contributed by atoms with Crippen LogP contribution in [0.4, 0.5) is 0 Å². The van der Waals surface area contributed by atoms with Crippen LogP contribution in [0.2, 0.25) is 25.7 Å². The Morgan fingerprint density at radius 2 is 2.00 bits per heavy atom. The molecule has 16 heavy (non-hydrogen) atoms. The topological polar surface area (TPSA) is 26.3 Å². The van der Waals surface area contributed by atoms with E-state index in [0.717, 1.165) is 18.8 Å². The van der Waals surface area contributed by atoms with Crippen molar-refractivity contribution in [2.45, 2.75) is 32.6 Å². The molecule has 0 aliphatic heterocycles. The summed E-state index contributed by atoms with van der Waals surface area (Å²) < 4.78 is 16.5. The van der Waals surface area contributed by atoms with E-state index in [1.807, 2.05) is 25.1 Å². The zero-order valence-corrected chi connectivity index (χ0v) is 11.5. The van der Waals surface area contributed by atoms with Crippen LogP contribution in [-0.4, -0.2) is 21.8 Å². The van der Waals surface area contributed by atoms with Crippen LogP contribution >= 0.6 is 0 Å². The molecule has 0 radical (unpaired) electrons. The molecule has 0 N–H and O–H groups in total. The van der Waals surface area contributed by atoms with Gasteiger partial charge in [-0.1, -0.05) is 0 Å². The van der Waals surface area contributed by atoms with Gasteiger partial charge in [-0.25, -0.2) is 0 Å². The van der Waals surface area contributed by atoms with E-state index in [-0.39, 0.29) is 0 Å². The molecule has 0 bridgehead atoms. The molecule has 0 spiro atoms. The molecule has 0 saturated heterocycles. The van der Waals surface area contributed by atoms with Crippen molar-refractivity contribution < 1.29 is 9.44 Å². The fraction of sp³-hybridized carbons (Fsp3) is 0.500. The number of hydrogen-bond donors (Lipinski definition) is 0. The van der Waals surface area contributed by atoms with Crippen LogP contribution in [0.1, 0.15) is 5.56 Å². The van der Waals surface area contributed by atoms with E-state index in [1.165, 1.54) is 0 Å². The Hall–Kier alpha value is -0.898. The summed E-state index contributed by atoms with van der Waals surface area (Å²) in [6, 6.07) is 6.77. The van der Waals surface area contributed by atoms with Crippen LogP contribution in [0.3, 0.4) is 0 Å². The SMILES string of the molecule is Cc1ccc(B=O)c(OCC[Si](C)(C)C)c1. The zero-order chi connectivity index (χ0) is 12.2. The van der Waals surface area contributed by atoms with E-state index in [4.69, 9.17) is 4.74 Å². The van der Waals surface area contributed by atoms with Gasteiger partial charge in [0.25, 0.3) is 0 Å². The van der Waals surface area contributed by atoms with Crippen molar-refractivity contribution in [2.75, 3.05) is 6.61 Å². The van der Waals surface area contributed by atoms with Gasteiger partial charge in [0.15, 0.2) is 0 Å². The monoisotopic (exact) mass is 234 g/mol. The molecule has 0 heterocycles. The van der Waals surface area contributed by atoms with Crippen molar-refractivity contribution in [1.29, 1.82) is 0 Å². The molecule has 0 saturated carbocycles. The summed E-state index contributed by atoms with van der Waals surface area (Å²) in [5.74, 6) is 0.716. The van der Waals surface area contributed by atoms with Gasteiger partial charge in [0.05, 0.1) is 0 Å². The summed E-state index contributed by atoms with van der Waals surface area (Å²) in [5.41, 5.74) is 1.76. The molecular weight excluding hydrogens is 215 g/mol. The van der Waals surface area contributed by atoms with E-state index >= 15 is 0 Å². The molecule has 1 aromatic carbocycles. The minimum absolute atomic E-state index is 0.640. The van der Waals surface area contributed by atoms with E-state index in [9.17, 15) is 4.70 Å². The maximum atomic E-state index is 10.8. The van der Waals surface area contributed by atoms with Gasteiger partial charge in [0.2, 0.25) is 0 Å². The average molecular weight is 234 g/mol. The van der Waals surface area contributed by atoms with Crippen molar-refractivity contribution in [3.8, 4) is 5.75 Å². The third-order valence-corrected chi connectivity index (χ3v) is 4.11. The molecule has 86 valence electrons. The average Bonchev–Trinajstić information content (AvgIpc) is 2.16. The minimum atomic E-state index is -1.07. The van der Waals surface area contributed by atoms with Crippen LogP contribution < -0.4 is 10.2 Å². The fourth-order valence-corrected chi connectivity index (χ4v) is 2.05. The molecule has 0 aliphatic rings. The predicted octanol–water partition coefficient (Wildman–Crippen LogP) is 2.39. The third-order valence-electron chi connectivity index (χ3n) is 2.41. The van der Waals surface area contributed by atoms with Crippen LogP contribution in [0.25, 0.3) is 0 Å². The first-order valence-electron chi connectivity index (χ1n) is 5.61. The van der Waals surface area contributed by atoms with Crippen LogP contribution in [0.5, 0.6) is 5.75 Å². The zero-order valence-electron chi connectivity index (χ0n) is 10.5. The van der Waals surface area contributed by atoms with Gasteiger partial charge in [-0.2, -0.15) is 0 Å². The van der Waals surface area contributed by atoms with E-state index < -0.39 is 8.07 Å². The normalized spacial score (nSPS) is 11.0. The maximum absolute atomic E-state index is 10.8. The molecular formula is C12H19BO2Si. The first-order valence-corrected chi connectivity index (χ1v) is 9.32. The molecule has 0 aromatic heterocycles. The van der Waals surface area contributed by atoms with Crippen molar-refractivity contribution in [2.24, 2.45) is 0 Å². The summed E-state index contributed by atoms with van der Waals surface area (Å²) in [6.07, 6.45) is 0. The van der Waals surface area contributed by atoms with Crippen LogP contribution in [0, 0.1) is 6.92 Å². The Bertz CT molecular complexity index is 372. The molecule has 0 aliphatic carbocycles. The van der Waals surface area contributed by atoms with E-state index in [2.05, 4.69) is 19.6 Å². The number of aryl methyl sites for hydroxylation is 1. The van der Waals surface area contributed by atoms with Gasteiger partial charge in [0.1, 0.15) is 0 Å². The van der Waals surface area contributed by atoms with Crippen LogP contribution in [-0.2, 0) is 4.70 Å². The van der Waals surface area contributed by atoms with Crippen molar-refractivity contribution in [3.63, 3.8) is 0 Å². The van der Waals surface area contributed by atoms with Crippen molar-refractivity contribution in [3.05, 3.63) is 23.8 Å². The second-order valence-electron chi connectivity index (χ2n) is 5.32. The first-order chi connectivity index (χ1) is 7.42. The van der Waals surface area contributed by atoms with Gasteiger partial charge in [0, 0.05) is 0 Å². The molecule has 1 rings (SSSR count). The number of benzene rings is 1. The van der Waals surface area contributed by atoms with Gasteiger partial charge in [-0.05, 0) is 0 Å². The number of ether oxygens (including phenoxy) is 1. The summed E-state index contributed by atoms with van der Waals surface area (Å²) in [6.45, 7) is 9.65.